The number of halogens is 3. The first-order valence-corrected chi connectivity index (χ1v) is 11.1. The summed E-state index contributed by atoms with van der Waals surface area (Å²) < 4.78 is 47.3. The Hall–Kier alpha value is -3.39. The van der Waals surface area contributed by atoms with Crippen LogP contribution in [0, 0.1) is 0 Å². The minimum atomic E-state index is -3.01. The average molecular weight is 517 g/mol. The average Bonchev–Trinajstić information content (AvgIpc) is 3.25. The number of benzene rings is 3. The van der Waals surface area contributed by atoms with Gasteiger partial charge in [-0.2, -0.15) is 8.78 Å². The minimum absolute atomic E-state index is 0.0686. The summed E-state index contributed by atoms with van der Waals surface area (Å²) in [6.07, 6.45) is 0. The number of ketones is 1. The number of fused-ring (bicyclic) bond motifs is 1. The maximum Gasteiger partial charge on any atom is 0.387 e. The molecule has 4 aromatic rings. The van der Waals surface area contributed by atoms with Gasteiger partial charge in [-0.25, -0.2) is 0 Å². The predicted molar refractivity (Wildman–Crippen MR) is 123 cm³/mol. The van der Waals surface area contributed by atoms with Gasteiger partial charge in [-0.05, 0) is 29.3 Å². The first kappa shape index (κ1) is 22.8. The van der Waals surface area contributed by atoms with Crippen molar-refractivity contribution in [2.45, 2.75) is 19.8 Å². The van der Waals surface area contributed by atoms with Crippen LogP contribution in [0.3, 0.4) is 0 Å². The number of hydrogen-bond donors (Lipinski definition) is 0. The third-order valence-corrected chi connectivity index (χ3v) is 5.24. The lowest BCUT2D eigenvalue weighted by Crippen LogP contribution is -2.03. The number of rotatable bonds is 10. The Morgan fingerprint density at radius 1 is 0.879 bits per heavy atom. The number of carbonyl (C=O) groups is 1. The van der Waals surface area contributed by atoms with Crippen LogP contribution < -0.4 is 14.2 Å². The van der Waals surface area contributed by atoms with E-state index in [1.807, 2.05) is 54.6 Å². The molecule has 33 heavy (non-hydrogen) atoms. The molecule has 0 fully saturated rings. The van der Waals surface area contributed by atoms with Crippen LogP contribution in [0.2, 0.25) is 0 Å². The normalized spacial score (nSPS) is 11.0. The predicted octanol–water partition coefficient (Wildman–Crippen LogP) is 6.77. The van der Waals surface area contributed by atoms with Crippen molar-refractivity contribution in [1.29, 1.82) is 0 Å². The highest BCUT2D eigenvalue weighted by Gasteiger charge is 2.17. The Morgan fingerprint density at radius 3 is 2.39 bits per heavy atom. The molecule has 170 valence electrons. The van der Waals surface area contributed by atoms with E-state index in [1.165, 1.54) is 18.2 Å². The highest BCUT2D eigenvalue weighted by molar-refractivity contribution is 9.09. The van der Waals surface area contributed by atoms with E-state index < -0.39 is 6.61 Å². The zero-order valence-corrected chi connectivity index (χ0v) is 18.9. The summed E-state index contributed by atoms with van der Waals surface area (Å²) >= 11 is 3.09. The summed E-state index contributed by atoms with van der Waals surface area (Å²) in [7, 11) is 0. The van der Waals surface area contributed by atoms with Crippen LogP contribution in [-0.4, -0.2) is 17.7 Å². The lowest BCUT2D eigenvalue weighted by atomic mass is 10.2. The third kappa shape index (κ3) is 5.90. The molecule has 0 saturated carbocycles. The summed E-state index contributed by atoms with van der Waals surface area (Å²) in [5, 5.41) is 0.552. The Balaban J connectivity index is 1.53. The lowest BCUT2D eigenvalue weighted by Gasteiger charge is -2.11. The molecule has 4 rings (SSSR count). The summed E-state index contributed by atoms with van der Waals surface area (Å²) in [6, 6.07) is 21.4. The van der Waals surface area contributed by atoms with Crippen LogP contribution in [0.1, 0.15) is 21.7 Å². The number of carbonyl (C=O) groups excluding carboxylic acids is 1. The SMILES string of the molecule is O=C(CBr)c1cc2c(OCc3cccc(OCc4ccccc4)c3)cc(OC(F)F)cc2o1. The third-order valence-electron chi connectivity index (χ3n) is 4.74. The fourth-order valence-electron chi connectivity index (χ4n) is 3.20. The maximum absolute atomic E-state index is 12.8. The monoisotopic (exact) mass is 516 g/mol. The highest BCUT2D eigenvalue weighted by Crippen LogP contribution is 2.35. The van der Waals surface area contributed by atoms with Crippen LogP contribution >= 0.6 is 15.9 Å². The van der Waals surface area contributed by atoms with E-state index in [1.54, 1.807) is 0 Å². The second-order valence-electron chi connectivity index (χ2n) is 7.09. The van der Waals surface area contributed by atoms with Crippen molar-refractivity contribution in [2.75, 3.05) is 5.33 Å². The van der Waals surface area contributed by atoms with Gasteiger partial charge in [0.05, 0.1) is 10.7 Å². The van der Waals surface area contributed by atoms with Crippen molar-refractivity contribution in [3.8, 4) is 17.2 Å². The van der Waals surface area contributed by atoms with Crippen LogP contribution in [0.25, 0.3) is 11.0 Å². The molecule has 5 nitrogen and oxygen atoms in total. The van der Waals surface area contributed by atoms with E-state index in [0.717, 1.165) is 11.1 Å². The zero-order chi connectivity index (χ0) is 23.2. The summed E-state index contributed by atoms with van der Waals surface area (Å²) in [5.41, 5.74) is 2.08. The first-order valence-electron chi connectivity index (χ1n) is 10.0. The fraction of sp³-hybridized carbons (Fsp3) is 0.160. The van der Waals surface area contributed by atoms with E-state index in [0.29, 0.717) is 17.7 Å². The van der Waals surface area contributed by atoms with Crippen molar-refractivity contribution < 1.29 is 32.2 Å². The fourth-order valence-corrected chi connectivity index (χ4v) is 3.48. The first-order chi connectivity index (χ1) is 16.0. The van der Waals surface area contributed by atoms with Crippen molar-refractivity contribution in [3.05, 3.63) is 89.7 Å². The van der Waals surface area contributed by atoms with Gasteiger partial charge < -0.3 is 18.6 Å². The molecule has 0 amide bonds. The number of alkyl halides is 3. The molecule has 0 saturated heterocycles. The van der Waals surface area contributed by atoms with Gasteiger partial charge in [-0.1, -0.05) is 58.4 Å². The van der Waals surface area contributed by atoms with Gasteiger partial charge in [0.1, 0.15) is 36.0 Å². The Labute approximate surface area is 197 Å². The molecule has 1 heterocycles. The second-order valence-corrected chi connectivity index (χ2v) is 7.65. The van der Waals surface area contributed by atoms with Crippen LogP contribution in [0.15, 0.2) is 77.2 Å². The van der Waals surface area contributed by atoms with Crippen molar-refractivity contribution in [3.63, 3.8) is 0 Å². The van der Waals surface area contributed by atoms with E-state index in [2.05, 4.69) is 20.7 Å². The standard InChI is InChI=1S/C25H19BrF2O5/c26-13-21(29)24-12-20-22(10-19(32-25(27)28)11-23(20)33-24)31-15-17-7-4-8-18(9-17)30-14-16-5-2-1-3-6-16/h1-12,25H,13-15H2. The van der Waals surface area contributed by atoms with Gasteiger partial charge in [0.2, 0.25) is 5.78 Å². The molecule has 8 heteroatoms. The van der Waals surface area contributed by atoms with Crippen molar-refractivity contribution in [1.82, 2.24) is 0 Å². The molecule has 0 bridgehead atoms. The maximum atomic E-state index is 12.8. The Kier molecular flexibility index (Phi) is 7.24. The number of hydrogen-bond acceptors (Lipinski definition) is 5. The lowest BCUT2D eigenvalue weighted by molar-refractivity contribution is -0.0498. The minimum Gasteiger partial charge on any atom is -0.489 e. The number of Topliss-reactive ketones (excluding diaryl/α,β-unsaturated/α-hetero) is 1. The molecule has 0 aliphatic heterocycles. The van der Waals surface area contributed by atoms with Crippen LogP contribution in [-0.2, 0) is 13.2 Å². The van der Waals surface area contributed by atoms with Gasteiger partial charge in [-0.15, -0.1) is 0 Å². The molecular weight excluding hydrogens is 498 g/mol. The van der Waals surface area contributed by atoms with Gasteiger partial charge in [-0.3, -0.25) is 4.79 Å². The molecule has 0 atom stereocenters. The molecule has 0 aliphatic carbocycles. The topological polar surface area (TPSA) is 57.9 Å². The van der Waals surface area contributed by atoms with E-state index in [9.17, 15) is 13.6 Å². The largest absolute Gasteiger partial charge is 0.489 e. The highest BCUT2D eigenvalue weighted by atomic mass is 79.9. The van der Waals surface area contributed by atoms with E-state index >= 15 is 0 Å². The summed E-state index contributed by atoms with van der Waals surface area (Å²) in [5.74, 6) is 0.623. The van der Waals surface area contributed by atoms with E-state index in [-0.39, 0.29) is 40.6 Å². The number of ether oxygens (including phenoxy) is 3. The van der Waals surface area contributed by atoms with Crippen LogP contribution in [0.4, 0.5) is 8.78 Å². The van der Waals surface area contributed by atoms with Gasteiger partial charge >= 0.3 is 6.61 Å². The summed E-state index contributed by atoms with van der Waals surface area (Å²) in [6.45, 7) is -2.44. The molecule has 0 aliphatic rings. The quantitative estimate of drug-likeness (QED) is 0.172. The van der Waals surface area contributed by atoms with Gasteiger partial charge in [0, 0.05) is 12.1 Å². The Morgan fingerprint density at radius 2 is 1.64 bits per heavy atom. The van der Waals surface area contributed by atoms with Crippen LogP contribution in [0.5, 0.6) is 17.2 Å². The van der Waals surface area contributed by atoms with Crippen molar-refractivity contribution >= 4 is 32.7 Å². The molecule has 0 N–H and O–H groups in total. The second kappa shape index (κ2) is 10.5. The molecule has 0 spiro atoms. The molecule has 0 radical (unpaired) electrons. The van der Waals surface area contributed by atoms with Crippen molar-refractivity contribution in [2.24, 2.45) is 0 Å². The molecule has 3 aromatic carbocycles. The molecule has 0 unspecified atom stereocenters. The Bertz CT molecular complexity index is 1240. The zero-order valence-electron chi connectivity index (χ0n) is 17.3. The van der Waals surface area contributed by atoms with Gasteiger partial charge in [0.25, 0.3) is 0 Å². The van der Waals surface area contributed by atoms with Gasteiger partial charge in [0.15, 0.2) is 5.76 Å². The smallest absolute Gasteiger partial charge is 0.387 e. The molecule has 1 aromatic heterocycles. The van der Waals surface area contributed by atoms with E-state index in [4.69, 9.17) is 13.9 Å². The molecular formula is C25H19BrF2O5. The number of furan rings is 1. The summed E-state index contributed by atoms with van der Waals surface area (Å²) in [4.78, 5) is 12.0.